The first-order valence-corrected chi connectivity index (χ1v) is 6.44. The third-order valence-corrected chi connectivity index (χ3v) is 3.31. The minimum Gasteiger partial charge on any atom is -0.496 e. The summed E-state index contributed by atoms with van der Waals surface area (Å²) < 4.78 is 10.9. The second kappa shape index (κ2) is 6.73. The molecule has 100 valence electrons. The minimum atomic E-state index is -0.106. The number of aliphatic hydroxyl groups is 1. The van der Waals surface area contributed by atoms with Crippen LogP contribution in [0.3, 0.4) is 0 Å². The van der Waals surface area contributed by atoms with E-state index in [4.69, 9.17) is 9.47 Å². The molecule has 1 aromatic rings. The zero-order chi connectivity index (χ0) is 12.8. The molecule has 1 saturated heterocycles. The molecule has 2 N–H and O–H groups in total. The predicted octanol–water partition coefficient (Wildman–Crippen LogP) is 1.50. The van der Waals surface area contributed by atoms with E-state index in [0.29, 0.717) is 0 Å². The van der Waals surface area contributed by atoms with Crippen LogP contribution < -0.4 is 10.1 Å². The van der Waals surface area contributed by atoms with Crippen LogP contribution in [-0.2, 0) is 4.74 Å². The first kappa shape index (κ1) is 13.3. The molecule has 2 rings (SSSR count). The number of nitrogens with one attached hydrogen (secondary N) is 1. The number of para-hydroxylation sites is 1. The normalized spacial score (nSPS) is 20.9. The van der Waals surface area contributed by atoms with Crippen molar-refractivity contribution in [2.45, 2.75) is 25.0 Å². The summed E-state index contributed by atoms with van der Waals surface area (Å²) in [6.45, 7) is 1.67. The minimum absolute atomic E-state index is 0.0487. The number of hydrogen-bond donors (Lipinski definition) is 2. The van der Waals surface area contributed by atoms with Crippen molar-refractivity contribution in [3.8, 4) is 5.75 Å². The summed E-state index contributed by atoms with van der Waals surface area (Å²) in [5.74, 6) is 0.802. The number of benzene rings is 1. The molecule has 18 heavy (non-hydrogen) atoms. The summed E-state index contributed by atoms with van der Waals surface area (Å²) in [6.07, 6.45) is 2.50. The summed E-state index contributed by atoms with van der Waals surface area (Å²) in [7, 11) is 1.65. The Labute approximate surface area is 108 Å². The Morgan fingerprint density at radius 2 is 2.33 bits per heavy atom. The fourth-order valence-electron chi connectivity index (χ4n) is 2.31. The Hall–Kier alpha value is -1.10. The van der Waals surface area contributed by atoms with Crippen molar-refractivity contribution in [3.05, 3.63) is 29.8 Å². The maximum absolute atomic E-state index is 9.51. The Kier molecular flexibility index (Phi) is 4.99. The van der Waals surface area contributed by atoms with E-state index in [2.05, 4.69) is 5.32 Å². The highest BCUT2D eigenvalue weighted by atomic mass is 16.5. The summed E-state index contributed by atoms with van der Waals surface area (Å²) in [5, 5.41) is 12.9. The molecule has 1 aliphatic rings. The molecule has 1 aromatic carbocycles. The van der Waals surface area contributed by atoms with Gasteiger partial charge in [-0.05, 0) is 18.9 Å². The highest BCUT2D eigenvalue weighted by molar-refractivity contribution is 5.35. The van der Waals surface area contributed by atoms with Gasteiger partial charge in [0.2, 0.25) is 0 Å². The van der Waals surface area contributed by atoms with Crippen LogP contribution >= 0.6 is 0 Å². The van der Waals surface area contributed by atoms with E-state index in [9.17, 15) is 5.11 Å². The Morgan fingerprint density at radius 1 is 1.50 bits per heavy atom. The maximum Gasteiger partial charge on any atom is 0.123 e. The van der Waals surface area contributed by atoms with Gasteiger partial charge in [-0.1, -0.05) is 18.2 Å². The number of methoxy groups -OCH3 is 1. The van der Waals surface area contributed by atoms with Gasteiger partial charge in [0.1, 0.15) is 5.75 Å². The van der Waals surface area contributed by atoms with Crippen molar-refractivity contribution in [2.24, 2.45) is 0 Å². The van der Waals surface area contributed by atoms with Crippen molar-refractivity contribution in [3.63, 3.8) is 0 Å². The smallest absolute Gasteiger partial charge is 0.123 e. The summed E-state index contributed by atoms with van der Waals surface area (Å²) in [6, 6.07) is 7.66. The molecule has 0 amide bonds. The molecule has 0 saturated carbocycles. The van der Waals surface area contributed by atoms with Crippen LogP contribution in [0.15, 0.2) is 24.3 Å². The van der Waals surface area contributed by atoms with Gasteiger partial charge in [-0.3, -0.25) is 0 Å². The third kappa shape index (κ3) is 3.22. The molecule has 0 bridgehead atoms. The van der Waals surface area contributed by atoms with E-state index in [1.54, 1.807) is 7.11 Å². The highest BCUT2D eigenvalue weighted by Gasteiger charge is 2.19. The average Bonchev–Trinajstić information content (AvgIpc) is 2.93. The Morgan fingerprint density at radius 3 is 3.00 bits per heavy atom. The number of rotatable bonds is 6. The fourth-order valence-corrected chi connectivity index (χ4v) is 2.31. The summed E-state index contributed by atoms with van der Waals surface area (Å²) in [5.41, 5.74) is 0.987. The third-order valence-electron chi connectivity index (χ3n) is 3.31. The molecule has 4 nitrogen and oxygen atoms in total. The molecule has 0 aliphatic carbocycles. The van der Waals surface area contributed by atoms with E-state index in [1.165, 1.54) is 0 Å². The van der Waals surface area contributed by atoms with E-state index in [0.717, 1.165) is 37.3 Å². The zero-order valence-electron chi connectivity index (χ0n) is 10.8. The molecule has 0 radical (unpaired) electrons. The first-order valence-electron chi connectivity index (χ1n) is 6.44. The van der Waals surface area contributed by atoms with Crippen molar-refractivity contribution in [1.29, 1.82) is 0 Å². The van der Waals surface area contributed by atoms with Crippen molar-refractivity contribution < 1.29 is 14.6 Å². The van der Waals surface area contributed by atoms with E-state index < -0.39 is 0 Å². The zero-order valence-corrected chi connectivity index (χ0v) is 10.8. The SMILES string of the molecule is COc1ccccc1C(CO)NCC1CCCO1. The largest absolute Gasteiger partial charge is 0.496 e. The molecule has 1 fully saturated rings. The van der Waals surface area contributed by atoms with Gasteiger partial charge in [-0.25, -0.2) is 0 Å². The lowest BCUT2D eigenvalue weighted by atomic mass is 10.1. The Bertz CT molecular complexity index is 364. The van der Waals surface area contributed by atoms with Crippen LogP contribution in [0.1, 0.15) is 24.4 Å². The fraction of sp³-hybridized carbons (Fsp3) is 0.571. The number of aliphatic hydroxyl groups excluding tert-OH is 1. The molecule has 2 unspecified atom stereocenters. The second-order valence-electron chi connectivity index (χ2n) is 4.52. The molecule has 1 aliphatic heterocycles. The summed E-state index contributed by atoms with van der Waals surface area (Å²) in [4.78, 5) is 0. The van der Waals surface area contributed by atoms with Gasteiger partial charge >= 0.3 is 0 Å². The second-order valence-corrected chi connectivity index (χ2v) is 4.52. The van der Waals surface area contributed by atoms with Gasteiger partial charge in [-0.15, -0.1) is 0 Å². The lowest BCUT2D eigenvalue weighted by molar-refractivity contribution is 0.103. The van der Waals surface area contributed by atoms with Crippen LogP contribution in [0.25, 0.3) is 0 Å². The monoisotopic (exact) mass is 251 g/mol. The number of ether oxygens (including phenoxy) is 2. The van der Waals surface area contributed by atoms with Crippen LogP contribution in [0.2, 0.25) is 0 Å². The predicted molar refractivity (Wildman–Crippen MR) is 69.8 cm³/mol. The molecule has 2 atom stereocenters. The van der Waals surface area contributed by atoms with Gasteiger partial charge in [0.25, 0.3) is 0 Å². The molecular formula is C14H21NO3. The van der Waals surface area contributed by atoms with E-state index in [-0.39, 0.29) is 18.8 Å². The van der Waals surface area contributed by atoms with Crippen molar-refractivity contribution in [1.82, 2.24) is 5.32 Å². The topological polar surface area (TPSA) is 50.7 Å². The quantitative estimate of drug-likeness (QED) is 0.804. The summed E-state index contributed by atoms with van der Waals surface area (Å²) >= 11 is 0. The maximum atomic E-state index is 9.51. The Balaban J connectivity index is 1.98. The highest BCUT2D eigenvalue weighted by Crippen LogP contribution is 2.24. The molecule has 1 heterocycles. The lowest BCUT2D eigenvalue weighted by Crippen LogP contribution is -2.32. The number of hydrogen-bond acceptors (Lipinski definition) is 4. The molecule has 0 aromatic heterocycles. The van der Waals surface area contributed by atoms with Crippen LogP contribution in [0, 0.1) is 0 Å². The average molecular weight is 251 g/mol. The van der Waals surface area contributed by atoms with Gasteiger partial charge in [0.05, 0.1) is 25.9 Å². The van der Waals surface area contributed by atoms with E-state index in [1.807, 2.05) is 24.3 Å². The standard InChI is InChI=1S/C14H21NO3/c1-17-14-7-3-2-6-12(14)13(10-16)15-9-11-5-4-8-18-11/h2-3,6-7,11,13,15-16H,4-5,8-10H2,1H3. The van der Waals surface area contributed by atoms with Gasteiger partial charge in [0.15, 0.2) is 0 Å². The van der Waals surface area contributed by atoms with Gasteiger partial charge in [0, 0.05) is 18.7 Å². The van der Waals surface area contributed by atoms with Crippen LogP contribution in [-0.4, -0.2) is 38.1 Å². The van der Waals surface area contributed by atoms with E-state index >= 15 is 0 Å². The molecule has 4 heteroatoms. The van der Waals surface area contributed by atoms with Crippen LogP contribution in [0.5, 0.6) is 5.75 Å². The molecular weight excluding hydrogens is 230 g/mol. The van der Waals surface area contributed by atoms with Crippen LogP contribution in [0.4, 0.5) is 0 Å². The van der Waals surface area contributed by atoms with Gasteiger partial charge < -0.3 is 19.9 Å². The molecule has 0 spiro atoms. The van der Waals surface area contributed by atoms with Gasteiger partial charge in [-0.2, -0.15) is 0 Å². The van der Waals surface area contributed by atoms with Crippen molar-refractivity contribution >= 4 is 0 Å². The van der Waals surface area contributed by atoms with Crippen molar-refractivity contribution in [2.75, 3.05) is 26.9 Å². The first-order chi connectivity index (χ1) is 8.85. The lowest BCUT2D eigenvalue weighted by Gasteiger charge is -2.21.